The van der Waals surface area contributed by atoms with E-state index < -0.39 is 0 Å². The van der Waals surface area contributed by atoms with Crippen LogP contribution in [0.2, 0.25) is 0 Å². The van der Waals surface area contributed by atoms with Gasteiger partial charge in [-0.15, -0.1) is 0 Å². The highest BCUT2D eigenvalue weighted by molar-refractivity contribution is 9.10. The molecule has 1 rings (SSSR count). The first-order valence-corrected chi connectivity index (χ1v) is 6.44. The zero-order chi connectivity index (χ0) is 12.7. The van der Waals surface area contributed by atoms with E-state index in [0.29, 0.717) is 19.6 Å². The second-order valence-corrected chi connectivity index (χ2v) is 4.61. The molecule has 0 aliphatic rings. The Morgan fingerprint density at radius 3 is 2.24 bits per heavy atom. The maximum absolute atomic E-state index is 9.05. The third-order valence-electron chi connectivity index (χ3n) is 2.70. The molecule has 0 aliphatic carbocycles. The molecule has 0 aromatic heterocycles. The number of aliphatic hydroxyl groups is 2. The van der Waals surface area contributed by atoms with E-state index in [1.54, 1.807) is 0 Å². The smallest absolute Gasteiger partial charge is 0.0558 e. The zero-order valence-electron chi connectivity index (χ0n) is 9.72. The van der Waals surface area contributed by atoms with Gasteiger partial charge in [-0.3, -0.25) is 4.90 Å². The van der Waals surface area contributed by atoms with Gasteiger partial charge < -0.3 is 15.9 Å². The van der Waals surface area contributed by atoms with Crippen molar-refractivity contribution in [3.05, 3.63) is 34.3 Å². The van der Waals surface area contributed by atoms with Gasteiger partial charge in [0.1, 0.15) is 0 Å². The summed E-state index contributed by atoms with van der Waals surface area (Å²) in [5.74, 6) is 0. The van der Waals surface area contributed by atoms with Crippen LogP contribution in [0.4, 0.5) is 0 Å². The van der Waals surface area contributed by atoms with Crippen molar-refractivity contribution in [3.8, 4) is 0 Å². The van der Waals surface area contributed by atoms with Crippen molar-refractivity contribution in [2.45, 2.75) is 6.04 Å². The first-order valence-electron chi connectivity index (χ1n) is 5.64. The molecule has 0 spiro atoms. The number of rotatable bonds is 7. The second-order valence-electron chi connectivity index (χ2n) is 3.76. The van der Waals surface area contributed by atoms with Gasteiger partial charge in [-0.2, -0.15) is 0 Å². The predicted octanol–water partition coefficient (Wildman–Crippen LogP) is 0.735. The van der Waals surface area contributed by atoms with E-state index in [4.69, 9.17) is 15.9 Å². The van der Waals surface area contributed by atoms with Crippen LogP contribution in [0.3, 0.4) is 0 Å². The number of hydrogen-bond donors (Lipinski definition) is 3. The molecule has 0 saturated heterocycles. The van der Waals surface area contributed by atoms with Crippen molar-refractivity contribution in [1.29, 1.82) is 0 Å². The molecular formula is C12H19BrN2O2. The lowest BCUT2D eigenvalue weighted by molar-refractivity contribution is 0.124. The van der Waals surface area contributed by atoms with E-state index in [0.717, 1.165) is 10.0 Å². The van der Waals surface area contributed by atoms with Crippen molar-refractivity contribution >= 4 is 15.9 Å². The van der Waals surface area contributed by atoms with Crippen molar-refractivity contribution in [1.82, 2.24) is 4.90 Å². The molecule has 0 amide bonds. The van der Waals surface area contributed by atoms with Crippen LogP contribution < -0.4 is 5.73 Å². The van der Waals surface area contributed by atoms with E-state index in [-0.39, 0.29) is 19.3 Å². The summed E-state index contributed by atoms with van der Waals surface area (Å²) in [5, 5.41) is 18.1. The highest BCUT2D eigenvalue weighted by Crippen LogP contribution is 2.26. The van der Waals surface area contributed by atoms with E-state index in [2.05, 4.69) is 15.9 Å². The molecule has 1 unspecified atom stereocenters. The summed E-state index contributed by atoms with van der Waals surface area (Å²) in [6.07, 6.45) is 0. The minimum Gasteiger partial charge on any atom is -0.395 e. The van der Waals surface area contributed by atoms with E-state index >= 15 is 0 Å². The molecule has 4 N–H and O–H groups in total. The molecule has 1 aromatic carbocycles. The molecule has 96 valence electrons. The Hall–Kier alpha value is -0.460. The quantitative estimate of drug-likeness (QED) is 0.695. The van der Waals surface area contributed by atoms with Gasteiger partial charge in [-0.1, -0.05) is 34.1 Å². The molecule has 0 aliphatic heterocycles. The Labute approximate surface area is 110 Å². The average molecular weight is 303 g/mol. The third-order valence-corrected chi connectivity index (χ3v) is 3.42. The molecule has 17 heavy (non-hydrogen) atoms. The van der Waals surface area contributed by atoms with Gasteiger partial charge in [0.25, 0.3) is 0 Å². The first-order chi connectivity index (χ1) is 8.24. The molecular weight excluding hydrogens is 284 g/mol. The molecule has 0 heterocycles. The van der Waals surface area contributed by atoms with E-state index in [9.17, 15) is 0 Å². The molecule has 0 saturated carbocycles. The lowest BCUT2D eigenvalue weighted by Gasteiger charge is -2.30. The minimum absolute atomic E-state index is 0.00451. The molecule has 0 bridgehead atoms. The van der Waals surface area contributed by atoms with Crippen LogP contribution in [0.5, 0.6) is 0 Å². The van der Waals surface area contributed by atoms with Crippen molar-refractivity contribution in [2.24, 2.45) is 5.73 Å². The number of benzene rings is 1. The monoisotopic (exact) mass is 302 g/mol. The maximum Gasteiger partial charge on any atom is 0.0558 e. The maximum atomic E-state index is 9.05. The topological polar surface area (TPSA) is 69.7 Å². The summed E-state index contributed by atoms with van der Waals surface area (Å²) in [5.41, 5.74) is 6.89. The largest absolute Gasteiger partial charge is 0.395 e. The normalized spacial score (nSPS) is 13.0. The second kappa shape index (κ2) is 7.79. The summed E-state index contributed by atoms with van der Waals surface area (Å²) in [6.45, 7) is 1.57. The summed E-state index contributed by atoms with van der Waals surface area (Å²) < 4.78 is 0.997. The van der Waals surface area contributed by atoms with Crippen molar-refractivity contribution in [3.63, 3.8) is 0 Å². The SMILES string of the molecule is NCC(c1ccccc1Br)N(CCO)CCO. The summed E-state index contributed by atoms with van der Waals surface area (Å²) in [4.78, 5) is 1.99. The summed E-state index contributed by atoms with van der Waals surface area (Å²) >= 11 is 3.50. The van der Waals surface area contributed by atoms with Crippen molar-refractivity contribution in [2.75, 3.05) is 32.8 Å². The van der Waals surface area contributed by atoms with Crippen molar-refractivity contribution < 1.29 is 10.2 Å². The number of aliphatic hydroxyl groups excluding tert-OH is 2. The molecule has 1 atom stereocenters. The van der Waals surface area contributed by atoms with E-state index in [1.807, 2.05) is 29.2 Å². The first kappa shape index (κ1) is 14.6. The van der Waals surface area contributed by atoms with Crippen LogP contribution in [0.1, 0.15) is 11.6 Å². The van der Waals surface area contributed by atoms with Gasteiger partial charge in [0, 0.05) is 30.1 Å². The molecule has 0 fully saturated rings. The highest BCUT2D eigenvalue weighted by Gasteiger charge is 2.19. The van der Waals surface area contributed by atoms with Crippen LogP contribution >= 0.6 is 15.9 Å². The van der Waals surface area contributed by atoms with Crippen LogP contribution in [-0.2, 0) is 0 Å². The summed E-state index contributed by atoms with van der Waals surface area (Å²) in [7, 11) is 0. The Kier molecular flexibility index (Phi) is 6.69. The minimum atomic E-state index is 0.00451. The van der Waals surface area contributed by atoms with Gasteiger partial charge in [-0.05, 0) is 11.6 Å². The van der Waals surface area contributed by atoms with Gasteiger partial charge in [0.05, 0.1) is 13.2 Å². The van der Waals surface area contributed by atoms with E-state index in [1.165, 1.54) is 0 Å². The fourth-order valence-corrected chi connectivity index (χ4v) is 2.45. The molecule has 1 aromatic rings. The molecule has 4 nitrogen and oxygen atoms in total. The van der Waals surface area contributed by atoms with Gasteiger partial charge in [0.15, 0.2) is 0 Å². The van der Waals surface area contributed by atoms with Crippen LogP contribution in [0, 0.1) is 0 Å². The standard InChI is InChI=1S/C12H19BrN2O2/c13-11-4-2-1-3-10(11)12(9-14)15(5-7-16)6-8-17/h1-4,12,16-17H,5-9,14H2. The molecule has 0 radical (unpaired) electrons. The zero-order valence-corrected chi connectivity index (χ0v) is 11.3. The number of nitrogens with zero attached hydrogens (tertiary/aromatic N) is 1. The fraction of sp³-hybridized carbons (Fsp3) is 0.500. The Balaban J connectivity index is 2.91. The summed E-state index contributed by atoms with van der Waals surface area (Å²) in [6, 6.07) is 7.88. The Bertz CT molecular complexity index is 330. The molecule has 5 heteroatoms. The van der Waals surface area contributed by atoms with Crippen LogP contribution in [-0.4, -0.2) is 48.0 Å². The Morgan fingerprint density at radius 1 is 1.18 bits per heavy atom. The third kappa shape index (κ3) is 4.04. The van der Waals surface area contributed by atoms with Gasteiger partial charge in [-0.25, -0.2) is 0 Å². The number of nitrogens with two attached hydrogens (primary N) is 1. The fourth-order valence-electron chi connectivity index (χ4n) is 1.90. The lowest BCUT2D eigenvalue weighted by Crippen LogP contribution is -2.37. The average Bonchev–Trinajstić information content (AvgIpc) is 2.33. The van der Waals surface area contributed by atoms with Crippen LogP contribution in [0.25, 0.3) is 0 Å². The van der Waals surface area contributed by atoms with Gasteiger partial charge >= 0.3 is 0 Å². The predicted molar refractivity (Wildman–Crippen MR) is 71.7 cm³/mol. The van der Waals surface area contributed by atoms with Crippen LogP contribution in [0.15, 0.2) is 28.7 Å². The number of hydrogen-bond acceptors (Lipinski definition) is 4. The number of halogens is 1. The Morgan fingerprint density at radius 2 is 1.76 bits per heavy atom. The van der Waals surface area contributed by atoms with Gasteiger partial charge in [0.2, 0.25) is 0 Å². The lowest BCUT2D eigenvalue weighted by atomic mass is 10.1. The highest BCUT2D eigenvalue weighted by atomic mass is 79.9.